The number of non-ortho nitro benzene ring substituents is 1. The summed E-state index contributed by atoms with van der Waals surface area (Å²) in [5.41, 5.74) is -1.63. The van der Waals surface area contributed by atoms with Gasteiger partial charge in [0.2, 0.25) is 0 Å². The van der Waals surface area contributed by atoms with Gasteiger partial charge in [0.1, 0.15) is 23.5 Å². The normalized spacial score (nSPS) is 13.0. The maximum atomic E-state index is 13.3. The molecule has 12 heteroatoms. The second-order valence-corrected chi connectivity index (χ2v) is 5.39. The highest BCUT2D eigenvalue weighted by Crippen LogP contribution is 2.44. The summed E-state index contributed by atoms with van der Waals surface area (Å²) in [6.45, 7) is 0. The number of benzene rings is 1. The first kappa shape index (κ1) is 18.7. The first-order chi connectivity index (χ1) is 11.6. The molecule has 0 unspecified atom stereocenters. The fraction of sp³-hybridized carbons (Fsp3) is 0.231. The van der Waals surface area contributed by atoms with E-state index in [-0.39, 0.29) is 22.0 Å². The Hall–Kier alpha value is -2.63. The quantitative estimate of drug-likeness (QED) is 0.338. The first-order valence-corrected chi connectivity index (χ1v) is 7.22. The van der Waals surface area contributed by atoms with Gasteiger partial charge >= 0.3 is 12.1 Å². The number of nitro benzene ring substituents is 1. The Morgan fingerprint density at radius 3 is 2.32 bits per heavy atom. The Bertz CT molecular complexity index is 802. The van der Waals surface area contributed by atoms with Crippen molar-refractivity contribution >= 4 is 22.7 Å². The van der Waals surface area contributed by atoms with Crippen LogP contribution >= 0.6 is 11.3 Å². The molecule has 0 spiro atoms. The molecule has 0 saturated carbocycles. The van der Waals surface area contributed by atoms with E-state index < -0.39 is 22.7 Å². The summed E-state index contributed by atoms with van der Waals surface area (Å²) in [6.07, 6.45) is -5.79. The summed E-state index contributed by atoms with van der Waals surface area (Å²) >= 11 is 0.510. The maximum Gasteiger partial charge on any atom is 0.459 e. The van der Waals surface area contributed by atoms with Crippen LogP contribution in [0.25, 0.3) is 0 Å². The van der Waals surface area contributed by atoms with Crippen molar-refractivity contribution in [1.82, 2.24) is 4.98 Å². The first-order valence-electron chi connectivity index (χ1n) is 6.35. The molecule has 0 aliphatic heterocycles. The Balaban J connectivity index is 2.43. The van der Waals surface area contributed by atoms with Crippen molar-refractivity contribution in [3.63, 3.8) is 0 Å². The summed E-state index contributed by atoms with van der Waals surface area (Å²) in [7, 11) is 1.14. The summed E-state index contributed by atoms with van der Waals surface area (Å²) in [5.74, 6) is -5.12. The number of nitrogens with zero attached hydrogens (tertiary/aromatic N) is 3. The van der Waals surface area contributed by atoms with Crippen molar-refractivity contribution in [2.45, 2.75) is 12.1 Å². The standard InChI is InChI=1S/C13H8F5N3O3S/c1-24-20-10(7-2-4-8(5-3-7)21(22)23)11-19-9(6-25-11)12(14,15)13(16,17)18/h2-6H,1H3. The van der Waals surface area contributed by atoms with Gasteiger partial charge in [-0.3, -0.25) is 10.1 Å². The lowest BCUT2D eigenvalue weighted by Gasteiger charge is -2.16. The molecule has 0 saturated heterocycles. The van der Waals surface area contributed by atoms with E-state index in [2.05, 4.69) is 15.0 Å². The molecule has 0 amide bonds. The lowest BCUT2D eigenvalue weighted by Crippen LogP contribution is -2.34. The summed E-state index contributed by atoms with van der Waals surface area (Å²) in [6, 6.07) is 4.75. The van der Waals surface area contributed by atoms with Crippen LogP contribution in [0, 0.1) is 10.1 Å². The van der Waals surface area contributed by atoms with E-state index in [0.717, 1.165) is 19.2 Å². The molecule has 0 atom stereocenters. The topological polar surface area (TPSA) is 77.6 Å². The SMILES string of the molecule is CON=C(c1ccc([N+](=O)[O-])cc1)c1nc(C(F)(F)C(F)(F)F)cs1. The van der Waals surface area contributed by atoms with Crippen LogP contribution in [-0.2, 0) is 10.8 Å². The van der Waals surface area contributed by atoms with E-state index >= 15 is 0 Å². The van der Waals surface area contributed by atoms with E-state index in [9.17, 15) is 32.1 Å². The fourth-order valence-corrected chi connectivity index (χ4v) is 2.56. The fourth-order valence-electron chi connectivity index (χ4n) is 1.72. The van der Waals surface area contributed by atoms with E-state index in [4.69, 9.17) is 0 Å². The van der Waals surface area contributed by atoms with E-state index in [1.54, 1.807) is 0 Å². The van der Waals surface area contributed by atoms with Gasteiger partial charge in [0.15, 0.2) is 0 Å². The number of thiazole rings is 1. The van der Waals surface area contributed by atoms with Gasteiger partial charge in [-0.05, 0) is 12.1 Å². The molecule has 2 aromatic rings. The van der Waals surface area contributed by atoms with Crippen molar-refractivity contribution in [3.8, 4) is 0 Å². The van der Waals surface area contributed by atoms with Gasteiger partial charge in [-0.1, -0.05) is 5.16 Å². The number of hydrogen-bond acceptors (Lipinski definition) is 6. The number of halogens is 5. The Kier molecular flexibility index (Phi) is 5.02. The molecule has 0 radical (unpaired) electrons. The van der Waals surface area contributed by atoms with Crippen molar-refractivity contribution in [1.29, 1.82) is 0 Å². The zero-order valence-electron chi connectivity index (χ0n) is 12.3. The second kappa shape index (κ2) is 6.70. The third kappa shape index (κ3) is 3.73. The maximum absolute atomic E-state index is 13.3. The Morgan fingerprint density at radius 2 is 1.84 bits per heavy atom. The van der Waals surface area contributed by atoms with Crippen molar-refractivity contribution in [2.24, 2.45) is 5.16 Å². The van der Waals surface area contributed by atoms with Crippen LogP contribution in [-0.4, -0.2) is 28.9 Å². The third-order valence-corrected chi connectivity index (χ3v) is 3.77. The van der Waals surface area contributed by atoms with Crippen LogP contribution in [0.3, 0.4) is 0 Å². The Labute approximate surface area is 140 Å². The molecular weight excluding hydrogens is 373 g/mol. The van der Waals surface area contributed by atoms with Crippen LogP contribution in [0.4, 0.5) is 27.6 Å². The van der Waals surface area contributed by atoms with Crippen molar-refractivity contribution in [3.05, 3.63) is 56.0 Å². The summed E-state index contributed by atoms with van der Waals surface area (Å²) in [4.78, 5) is 17.9. The zero-order valence-corrected chi connectivity index (χ0v) is 13.1. The van der Waals surface area contributed by atoms with Gasteiger partial charge in [0.05, 0.1) is 4.92 Å². The highest BCUT2D eigenvalue weighted by atomic mass is 32.1. The molecular formula is C13H8F5N3O3S. The summed E-state index contributed by atoms with van der Waals surface area (Å²) in [5, 5.41) is 14.5. The lowest BCUT2D eigenvalue weighted by molar-refractivity contribution is -0.384. The number of alkyl halides is 5. The predicted octanol–water partition coefficient (Wildman–Crippen LogP) is 4.10. The van der Waals surface area contributed by atoms with Gasteiger partial charge in [-0.25, -0.2) is 4.98 Å². The lowest BCUT2D eigenvalue weighted by atomic mass is 10.1. The van der Waals surface area contributed by atoms with Gasteiger partial charge in [0.25, 0.3) is 5.69 Å². The second-order valence-electron chi connectivity index (χ2n) is 4.54. The van der Waals surface area contributed by atoms with Gasteiger partial charge in [0, 0.05) is 23.1 Å². The number of oxime groups is 1. The molecule has 1 heterocycles. The van der Waals surface area contributed by atoms with E-state index in [1.807, 2.05) is 0 Å². The monoisotopic (exact) mass is 381 g/mol. The largest absolute Gasteiger partial charge is 0.459 e. The summed E-state index contributed by atoms with van der Waals surface area (Å²) < 4.78 is 63.9. The third-order valence-electron chi connectivity index (χ3n) is 2.92. The molecule has 0 fully saturated rings. The average molecular weight is 381 g/mol. The number of hydrogen-bond donors (Lipinski definition) is 0. The molecule has 25 heavy (non-hydrogen) atoms. The highest BCUT2D eigenvalue weighted by Gasteiger charge is 2.60. The molecule has 6 nitrogen and oxygen atoms in total. The van der Waals surface area contributed by atoms with Crippen molar-refractivity contribution in [2.75, 3.05) is 7.11 Å². The zero-order chi connectivity index (χ0) is 18.8. The smallest absolute Gasteiger partial charge is 0.399 e. The van der Waals surface area contributed by atoms with Crippen LogP contribution in [0.15, 0.2) is 34.8 Å². The van der Waals surface area contributed by atoms with E-state index in [1.165, 1.54) is 12.1 Å². The highest BCUT2D eigenvalue weighted by molar-refractivity contribution is 7.12. The molecule has 0 N–H and O–H groups in total. The van der Waals surface area contributed by atoms with Crippen molar-refractivity contribution < 1.29 is 31.7 Å². The van der Waals surface area contributed by atoms with Gasteiger partial charge in [-0.15, -0.1) is 11.3 Å². The van der Waals surface area contributed by atoms with Crippen LogP contribution in [0.1, 0.15) is 16.3 Å². The minimum Gasteiger partial charge on any atom is -0.399 e. The molecule has 0 aliphatic carbocycles. The van der Waals surface area contributed by atoms with Gasteiger partial charge < -0.3 is 4.84 Å². The van der Waals surface area contributed by atoms with E-state index in [0.29, 0.717) is 16.7 Å². The molecule has 0 aliphatic rings. The molecule has 1 aromatic heterocycles. The Morgan fingerprint density at radius 1 is 1.24 bits per heavy atom. The minimum atomic E-state index is -5.79. The minimum absolute atomic E-state index is 0.133. The number of rotatable bonds is 5. The van der Waals surface area contributed by atoms with Crippen LogP contribution in [0.2, 0.25) is 0 Å². The molecule has 1 aromatic carbocycles. The predicted molar refractivity (Wildman–Crippen MR) is 77.8 cm³/mol. The van der Waals surface area contributed by atoms with Gasteiger partial charge in [-0.2, -0.15) is 22.0 Å². The molecule has 134 valence electrons. The molecule has 2 rings (SSSR count). The number of nitro groups is 1. The van der Waals surface area contributed by atoms with Crippen LogP contribution in [0.5, 0.6) is 0 Å². The van der Waals surface area contributed by atoms with Crippen LogP contribution < -0.4 is 0 Å². The number of aromatic nitrogens is 1. The molecule has 0 bridgehead atoms. The average Bonchev–Trinajstić information content (AvgIpc) is 3.02.